The Kier molecular flexibility index (Phi) is 2.40. The summed E-state index contributed by atoms with van der Waals surface area (Å²) in [6.07, 6.45) is 0. The molecule has 0 aliphatic carbocycles. The molecule has 0 atom stereocenters. The molecule has 78 valence electrons. The number of esters is 1. The van der Waals surface area contributed by atoms with E-state index in [4.69, 9.17) is 11.6 Å². The van der Waals surface area contributed by atoms with Crippen molar-refractivity contribution in [1.82, 2.24) is 4.98 Å². The van der Waals surface area contributed by atoms with E-state index in [0.717, 1.165) is 16.5 Å². The predicted molar refractivity (Wildman–Crippen MR) is 59.4 cm³/mol. The van der Waals surface area contributed by atoms with Crippen molar-refractivity contribution in [3.8, 4) is 0 Å². The maximum absolute atomic E-state index is 11.3. The summed E-state index contributed by atoms with van der Waals surface area (Å²) in [7, 11) is 1.35. The van der Waals surface area contributed by atoms with Gasteiger partial charge in [-0.2, -0.15) is 0 Å². The standard InChI is InChI=1S/C11H10ClNO2/c1-6-3-8(12)7-5-10(11(14)15-2)13-9(7)4-6/h3-5,13H,1-2H3. The van der Waals surface area contributed by atoms with Crippen molar-refractivity contribution in [2.45, 2.75) is 6.92 Å². The molecule has 15 heavy (non-hydrogen) atoms. The van der Waals surface area contributed by atoms with Crippen LogP contribution in [0.25, 0.3) is 10.9 Å². The van der Waals surface area contributed by atoms with Crippen LogP contribution in [0.1, 0.15) is 16.1 Å². The number of ether oxygens (including phenoxy) is 1. The minimum atomic E-state index is -0.389. The predicted octanol–water partition coefficient (Wildman–Crippen LogP) is 2.92. The van der Waals surface area contributed by atoms with Crippen LogP contribution in [0, 0.1) is 6.92 Å². The molecule has 0 unspecified atom stereocenters. The van der Waals surface area contributed by atoms with Crippen molar-refractivity contribution in [1.29, 1.82) is 0 Å². The van der Waals surface area contributed by atoms with E-state index < -0.39 is 0 Å². The third kappa shape index (κ3) is 1.70. The second kappa shape index (κ2) is 3.59. The van der Waals surface area contributed by atoms with Gasteiger partial charge >= 0.3 is 5.97 Å². The summed E-state index contributed by atoms with van der Waals surface area (Å²) in [5.41, 5.74) is 2.31. The monoisotopic (exact) mass is 223 g/mol. The number of carbonyl (C=O) groups excluding carboxylic acids is 1. The lowest BCUT2D eigenvalue weighted by atomic mass is 10.2. The zero-order valence-corrected chi connectivity index (χ0v) is 9.18. The van der Waals surface area contributed by atoms with Gasteiger partial charge in [0.1, 0.15) is 5.69 Å². The summed E-state index contributed by atoms with van der Waals surface area (Å²) in [6, 6.07) is 5.50. The lowest BCUT2D eigenvalue weighted by Gasteiger charge is -1.95. The van der Waals surface area contributed by atoms with E-state index in [1.54, 1.807) is 6.07 Å². The van der Waals surface area contributed by atoms with Gasteiger partial charge in [-0.25, -0.2) is 4.79 Å². The highest BCUT2D eigenvalue weighted by Crippen LogP contribution is 2.26. The van der Waals surface area contributed by atoms with Gasteiger partial charge in [-0.15, -0.1) is 0 Å². The molecule has 0 fully saturated rings. The molecule has 1 heterocycles. The highest BCUT2D eigenvalue weighted by Gasteiger charge is 2.11. The van der Waals surface area contributed by atoms with Crippen LogP contribution in [0.4, 0.5) is 0 Å². The number of benzene rings is 1. The summed E-state index contributed by atoms with van der Waals surface area (Å²) in [5.74, 6) is -0.389. The molecule has 4 heteroatoms. The number of aromatic amines is 1. The van der Waals surface area contributed by atoms with Crippen LogP contribution >= 0.6 is 11.6 Å². The van der Waals surface area contributed by atoms with Crippen LogP contribution in [0.2, 0.25) is 5.02 Å². The van der Waals surface area contributed by atoms with Gasteiger partial charge in [0, 0.05) is 10.9 Å². The number of halogens is 1. The Labute approximate surface area is 92.0 Å². The number of hydrogen-bond acceptors (Lipinski definition) is 2. The molecular weight excluding hydrogens is 214 g/mol. The van der Waals surface area contributed by atoms with E-state index in [2.05, 4.69) is 9.72 Å². The molecule has 0 bridgehead atoms. The minimum Gasteiger partial charge on any atom is -0.464 e. The number of methoxy groups -OCH3 is 1. The Bertz CT molecular complexity index is 531. The van der Waals surface area contributed by atoms with Crippen LogP contribution in [-0.2, 0) is 4.74 Å². The molecule has 0 radical (unpaired) electrons. The maximum Gasteiger partial charge on any atom is 0.354 e. The molecule has 0 aliphatic heterocycles. The van der Waals surface area contributed by atoms with Gasteiger partial charge in [0.05, 0.1) is 12.1 Å². The minimum absolute atomic E-state index is 0.389. The summed E-state index contributed by atoms with van der Waals surface area (Å²) in [4.78, 5) is 14.3. The van der Waals surface area contributed by atoms with Gasteiger partial charge in [0.2, 0.25) is 0 Å². The quantitative estimate of drug-likeness (QED) is 0.756. The average molecular weight is 224 g/mol. The molecule has 0 amide bonds. The normalized spacial score (nSPS) is 10.6. The molecule has 1 aromatic heterocycles. The summed E-state index contributed by atoms with van der Waals surface area (Å²) in [6.45, 7) is 1.95. The molecule has 2 aromatic rings. The number of hydrogen-bond donors (Lipinski definition) is 1. The second-order valence-electron chi connectivity index (χ2n) is 3.38. The Balaban J connectivity index is 2.65. The lowest BCUT2D eigenvalue weighted by Crippen LogP contribution is -2.00. The fourth-order valence-corrected chi connectivity index (χ4v) is 1.88. The Morgan fingerprint density at radius 2 is 2.13 bits per heavy atom. The van der Waals surface area contributed by atoms with Gasteiger partial charge in [-0.1, -0.05) is 11.6 Å². The molecule has 0 aliphatic rings. The van der Waals surface area contributed by atoms with Gasteiger partial charge in [0.15, 0.2) is 0 Å². The summed E-state index contributed by atoms with van der Waals surface area (Å²) in [5, 5.41) is 1.47. The summed E-state index contributed by atoms with van der Waals surface area (Å²) < 4.78 is 4.62. The van der Waals surface area contributed by atoms with Crippen LogP contribution in [0.15, 0.2) is 18.2 Å². The molecule has 0 saturated carbocycles. The number of fused-ring (bicyclic) bond motifs is 1. The third-order valence-corrected chi connectivity index (χ3v) is 2.55. The van der Waals surface area contributed by atoms with Crippen LogP contribution in [0.5, 0.6) is 0 Å². The molecule has 2 rings (SSSR count). The Hall–Kier alpha value is -1.48. The first-order valence-corrected chi connectivity index (χ1v) is 4.87. The van der Waals surface area contributed by atoms with Crippen LogP contribution in [-0.4, -0.2) is 18.1 Å². The van der Waals surface area contributed by atoms with Crippen molar-refractivity contribution in [3.05, 3.63) is 34.5 Å². The Morgan fingerprint density at radius 3 is 2.80 bits per heavy atom. The Morgan fingerprint density at radius 1 is 1.40 bits per heavy atom. The van der Waals surface area contributed by atoms with Crippen molar-refractivity contribution < 1.29 is 9.53 Å². The largest absolute Gasteiger partial charge is 0.464 e. The molecule has 1 N–H and O–H groups in total. The fraction of sp³-hybridized carbons (Fsp3) is 0.182. The number of rotatable bonds is 1. The van der Waals surface area contributed by atoms with Gasteiger partial charge in [-0.05, 0) is 30.7 Å². The first-order valence-electron chi connectivity index (χ1n) is 4.49. The zero-order valence-electron chi connectivity index (χ0n) is 8.43. The SMILES string of the molecule is COC(=O)c1cc2c(Cl)cc(C)cc2[nH]1. The van der Waals surface area contributed by atoms with E-state index in [1.165, 1.54) is 7.11 Å². The van der Waals surface area contributed by atoms with Gasteiger partial charge < -0.3 is 9.72 Å². The molecule has 0 spiro atoms. The smallest absolute Gasteiger partial charge is 0.354 e. The van der Waals surface area contributed by atoms with E-state index >= 15 is 0 Å². The summed E-state index contributed by atoms with van der Waals surface area (Å²) >= 11 is 6.05. The van der Waals surface area contributed by atoms with Gasteiger partial charge in [-0.3, -0.25) is 0 Å². The van der Waals surface area contributed by atoms with E-state index in [0.29, 0.717) is 10.7 Å². The first kappa shape index (κ1) is 10.1. The van der Waals surface area contributed by atoms with E-state index in [-0.39, 0.29) is 5.97 Å². The number of aromatic nitrogens is 1. The lowest BCUT2D eigenvalue weighted by molar-refractivity contribution is 0.0595. The highest BCUT2D eigenvalue weighted by molar-refractivity contribution is 6.35. The zero-order chi connectivity index (χ0) is 11.0. The number of aryl methyl sites for hydroxylation is 1. The van der Waals surface area contributed by atoms with E-state index in [9.17, 15) is 4.79 Å². The van der Waals surface area contributed by atoms with Crippen LogP contribution in [0.3, 0.4) is 0 Å². The first-order chi connectivity index (χ1) is 7.11. The molecule has 1 aromatic carbocycles. The molecular formula is C11H10ClNO2. The number of H-pyrrole nitrogens is 1. The number of nitrogens with one attached hydrogen (secondary N) is 1. The fourth-order valence-electron chi connectivity index (χ4n) is 1.55. The highest BCUT2D eigenvalue weighted by atomic mass is 35.5. The topological polar surface area (TPSA) is 42.1 Å². The van der Waals surface area contributed by atoms with Gasteiger partial charge in [0.25, 0.3) is 0 Å². The van der Waals surface area contributed by atoms with Crippen molar-refractivity contribution in [2.75, 3.05) is 7.11 Å². The van der Waals surface area contributed by atoms with Crippen LogP contribution < -0.4 is 0 Å². The van der Waals surface area contributed by atoms with Crippen molar-refractivity contribution in [2.24, 2.45) is 0 Å². The van der Waals surface area contributed by atoms with Crippen molar-refractivity contribution in [3.63, 3.8) is 0 Å². The maximum atomic E-state index is 11.3. The van der Waals surface area contributed by atoms with Crippen molar-refractivity contribution >= 4 is 28.5 Å². The molecule has 0 saturated heterocycles. The number of carbonyl (C=O) groups is 1. The average Bonchev–Trinajstić information content (AvgIpc) is 2.60. The third-order valence-electron chi connectivity index (χ3n) is 2.24. The second-order valence-corrected chi connectivity index (χ2v) is 3.79. The molecule has 3 nitrogen and oxygen atoms in total. The van der Waals surface area contributed by atoms with E-state index in [1.807, 2.05) is 19.1 Å².